The Labute approximate surface area is 92.3 Å². The number of carbonyl (C=O) groups excluding carboxylic acids is 1. The molecule has 0 aliphatic rings. The molecule has 4 nitrogen and oxygen atoms in total. The van der Waals surface area contributed by atoms with Crippen LogP contribution in [-0.2, 0) is 16.0 Å². The number of nitrogens with zero attached hydrogens (tertiary/aromatic N) is 1. The summed E-state index contributed by atoms with van der Waals surface area (Å²) in [4.78, 5) is 23.2. The van der Waals surface area contributed by atoms with Crippen LogP contribution in [0.15, 0.2) is 18.2 Å². The Morgan fingerprint density at radius 3 is 2.50 bits per heavy atom. The van der Waals surface area contributed by atoms with Gasteiger partial charge in [-0.3, -0.25) is 4.79 Å². The number of hydrogen-bond acceptors (Lipinski definition) is 3. The van der Waals surface area contributed by atoms with E-state index in [0.29, 0.717) is 11.3 Å². The third kappa shape index (κ3) is 2.79. The van der Waals surface area contributed by atoms with E-state index in [0.717, 1.165) is 0 Å². The molecule has 0 aliphatic carbocycles. The number of Topliss-reactive ketones (excluding diaryl/α,β-unsaturated/α-hetero) is 1. The van der Waals surface area contributed by atoms with Gasteiger partial charge in [-0.15, -0.1) is 0 Å². The van der Waals surface area contributed by atoms with Crippen molar-refractivity contribution in [1.82, 2.24) is 0 Å². The summed E-state index contributed by atoms with van der Waals surface area (Å²) in [5.41, 5.74) is 1.01. The Morgan fingerprint density at radius 1 is 1.38 bits per heavy atom. The van der Waals surface area contributed by atoms with Gasteiger partial charge in [0.2, 0.25) is 5.78 Å². The summed E-state index contributed by atoms with van der Waals surface area (Å²) in [5.74, 6) is -2.94. The maximum atomic E-state index is 13.0. The van der Waals surface area contributed by atoms with E-state index in [2.05, 4.69) is 0 Å². The van der Waals surface area contributed by atoms with Crippen LogP contribution in [0.2, 0.25) is 0 Å². The molecule has 0 unspecified atom stereocenters. The van der Waals surface area contributed by atoms with Crippen LogP contribution in [0.1, 0.15) is 5.56 Å². The quantitative estimate of drug-likeness (QED) is 0.779. The molecule has 0 fully saturated rings. The predicted molar refractivity (Wildman–Crippen MR) is 57.1 cm³/mol. The minimum absolute atomic E-state index is 0.305. The molecule has 0 radical (unpaired) electrons. The summed E-state index contributed by atoms with van der Waals surface area (Å²) in [6.45, 7) is 0. The van der Waals surface area contributed by atoms with Crippen molar-refractivity contribution in [1.29, 1.82) is 0 Å². The van der Waals surface area contributed by atoms with Crippen LogP contribution in [0, 0.1) is 5.82 Å². The summed E-state index contributed by atoms with van der Waals surface area (Å²) >= 11 is 0. The van der Waals surface area contributed by atoms with Gasteiger partial charge in [0.05, 0.1) is 0 Å². The molecule has 0 bridgehead atoms. The molecule has 0 atom stereocenters. The van der Waals surface area contributed by atoms with E-state index in [1.165, 1.54) is 18.2 Å². The fourth-order valence-electron chi connectivity index (χ4n) is 1.38. The highest BCUT2D eigenvalue weighted by atomic mass is 19.1. The second-order valence-electron chi connectivity index (χ2n) is 3.57. The number of carbonyl (C=O) groups is 2. The van der Waals surface area contributed by atoms with Crippen LogP contribution < -0.4 is 4.90 Å². The van der Waals surface area contributed by atoms with Crippen LogP contribution in [0.25, 0.3) is 0 Å². The molecular formula is C11H12FNO3. The number of carboxylic acids is 1. The lowest BCUT2D eigenvalue weighted by molar-refractivity contribution is -0.148. The van der Waals surface area contributed by atoms with Gasteiger partial charge in [0, 0.05) is 26.2 Å². The van der Waals surface area contributed by atoms with Gasteiger partial charge in [0.1, 0.15) is 5.82 Å². The average Bonchev–Trinajstić information content (AvgIpc) is 2.16. The van der Waals surface area contributed by atoms with E-state index < -0.39 is 17.6 Å². The van der Waals surface area contributed by atoms with Gasteiger partial charge in [0.15, 0.2) is 0 Å². The second kappa shape index (κ2) is 4.74. The van der Waals surface area contributed by atoms with E-state index >= 15 is 0 Å². The molecule has 0 saturated heterocycles. The molecule has 5 heteroatoms. The molecular weight excluding hydrogens is 213 g/mol. The number of carboxylic acid groups (broad SMARTS) is 1. The summed E-state index contributed by atoms with van der Waals surface area (Å²) in [5, 5.41) is 8.49. The lowest BCUT2D eigenvalue weighted by atomic mass is 10.1. The lowest BCUT2D eigenvalue weighted by Gasteiger charge is -2.16. The van der Waals surface area contributed by atoms with Gasteiger partial charge in [0.25, 0.3) is 0 Å². The minimum atomic E-state index is -1.51. The molecule has 16 heavy (non-hydrogen) atoms. The smallest absolute Gasteiger partial charge is 0.372 e. The molecule has 0 spiro atoms. The number of hydrogen-bond donors (Lipinski definition) is 1. The molecule has 0 saturated carbocycles. The van der Waals surface area contributed by atoms with E-state index in [9.17, 15) is 14.0 Å². The zero-order valence-electron chi connectivity index (χ0n) is 9.03. The zero-order chi connectivity index (χ0) is 12.3. The fourth-order valence-corrected chi connectivity index (χ4v) is 1.38. The monoisotopic (exact) mass is 225 g/mol. The molecule has 1 N–H and O–H groups in total. The van der Waals surface area contributed by atoms with Gasteiger partial charge in [-0.25, -0.2) is 9.18 Å². The Kier molecular flexibility index (Phi) is 3.60. The molecule has 1 aromatic carbocycles. The van der Waals surface area contributed by atoms with Crippen molar-refractivity contribution in [3.63, 3.8) is 0 Å². The van der Waals surface area contributed by atoms with Crippen LogP contribution in [0.5, 0.6) is 0 Å². The van der Waals surface area contributed by atoms with Gasteiger partial charge >= 0.3 is 5.97 Å². The first-order valence-electron chi connectivity index (χ1n) is 4.63. The average molecular weight is 225 g/mol. The number of benzene rings is 1. The molecule has 86 valence electrons. The Balaban J connectivity index is 3.05. The first-order valence-corrected chi connectivity index (χ1v) is 4.63. The Bertz CT molecular complexity index is 429. The molecule has 0 heterocycles. The highest BCUT2D eigenvalue weighted by Crippen LogP contribution is 2.20. The molecule has 1 aromatic rings. The second-order valence-corrected chi connectivity index (χ2v) is 3.57. The number of aliphatic carboxylic acids is 1. The topological polar surface area (TPSA) is 57.6 Å². The zero-order valence-corrected chi connectivity index (χ0v) is 9.03. The van der Waals surface area contributed by atoms with E-state index in [1.807, 2.05) is 0 Å². The highest BCUT2D eigenvalue weighted by molar-refractivity contribution is 6.33. The number of halogens is 1. The molecule has 1 rings (SSSR count). The fraction of sp³-hybridized carbons (Fsp3) is 0.273. The third-order valence-corrected chi connectivity index (χ3v) is 2.11. The van der Waals surface area contributed by atoms with Gasteiger partial charge < -0.3 is 10.0 Å². The van der Waals surface area contributed by atoms with Crippen LogP contribution in [0.3, 0.4) is 0 Å². The summed E-state index contributed by atoms with van der Waals surface area (Å²) in [7, 11) is 3.48. The summed E-state index contributed by atoms with van der Waals surface area (Å²) < 4.78 is 13.0. The summed E-state index contributed by atoms with van der Waals surface area (Å²) in [6.07, 6.45) is -0.305. The lowest BCUT2D eigenvalue weighted by Crippen LogP contribution is -2.18. The van der Waals surface area contributed by atoms with Gasteiger partial charge in [-0.05, 0) is 23.8 Å². The van der Waals surface area contributed by atoms with Gasteiger partial charge in [-0.1, -0.05) is 0 Å². The van der Waals surface area contributed by atoms with Crippen LogP contribution >= 0.6 is 0 Å². The Hall–Kier alpha value is -1.91. The van der Waals surface area contributed by atoms with Crippen molar-refractivity contribution < 1.29 is 19.1 Å². The molecule has 0 amide bonds. The van der Waals surface area contributed by atoms with Crippen LogP contribution in [-0.4, -0.2) is 31.0 Å². The number of anilines is 1. The largest absolute Gasteiger partial charge is 0.475 e. The van der Waals surface area contributed by atoms with E-state index in [-0.39, 0.29) is 6.42 Å². The number of ketones is 1. The molecule has 0 aliphatic heterocycles. The first kappa shape index (κ1) is 12.2. The third-order valence-electron chi connectivity index (χ3n) is 2.11. The van der Waals surface area contributed by atoms with Crippen molar-refractivity contribution in [2.45, 2.75) is 6.42 Å². The standard InChI is InChI=1S/C11H12FNO3/c1-13(2)9-4-3-8(12)5-7(9)6-10(14)11(15)16/h3-5H,6H2,1-2H3,(H,15,16). The Morgan fingerprint density at radius 2 is 2.00 bits per heavy atom. The first-order chi connectivity index (χ1) is 7.41. The van der Waals surface area contributed by atoms with Crippen molar-refractivity contribution in [2.24, 2.45) is 0 Å². The van der Waals surface area contributed by atoms with Crippen molar-refractivity contribution in [2.75, 3.05) is 19.0 Å². The van der Waals surface area contributed by atoms with Crippen LogP contribution in [0.4, 0.5) is 10.1 Å². The normalized spacial score (nSPS) is 9.94. The summed E-state index contributed by atoms with van der Waals surface area (Å²) in [6, 6.07) is 3.96. The van der Waals surface area contributed by atoms with Crippen molar-refractivity contribution in [3.8, 4) is 0 Å². The number of rotatable bonds is 4. The maximum Gasteiger partial charge on any atom is 0.372 e. The van der Waals surface area contributed by atoms with Gasteiger partial charge in [-0.2, -0.15) is 0 Å². The highest BCUT2D eigenvalue weighted by Gasteiger charge is 2.15. The predicted octanol–water partition coefficient (Wildman–Crippen LogP) is 1.09. The van der Waals surface area contributed by atoms with E-state index in [1.54, 1.807) is 19.0 Å². The van der Waals surface area contributed by atoms with Crippen molar-refractivity contribution >= 4 is 17.4 Å². The molecule has 0 aromatic heterocycles. The van der Waals surface area contributed by atoms with Crippen molar-refractivity contribution in [3.05, 3.63) is 29.6 Å². The minimum Gasteiger partial charge on any atom is -0.475 e. The maximum absolute atomic E-state index is 13.0. The van der Waals surface area contributed by atoms with E-state index in [4.69, 9.17) is 5.11 Å². The SMILES string of the molecule is CN(C)c1ccc(F)cc1CC(=O)C(=O)O.